The third-order valence-corrected chi connectivity index (χ3v) is 3.44. The Labute approximate surface area is 117 Å². The number of carbonyl (C=O) groups excluding carboxylic acids is 2. The molecule has 7 nitrogen and oxygen atoms in total. The summed E-state index contributed by atoms with van der Waals surface area (Å²) in [6, 6.07) is -0.519. The number of aliphatic carboxylic acids is 1. The van der Waals surface area contributed by atoms with Gasteiger partial charge in [-0.1, -0.05) is 0 Å². The van der Waals surface area contributed by atoms with E-state index in [9.17, 15) is 14.4 Å². The molecule has 1 aliphatic heterocycles. The van der Waals surface area contributed by atoms with Crippen LogP contribution in [0.4, 0.5) is 4.79 Å². The molecule has 0 spiro atoms. The van der Waals surface area contributed by atoms with Gasteiger partial charge in [0.25, 0.3) is 5.91 Å². The van der Waals surface area contributed by atoms with Gasteiger partial charge < -0.3 is 14.7 Å². The molecule has 1 unspecified atom stereocenters. The number of imide groups is 1. The number of methoxy groups -OCH3 is 1. The van der Waals surface area contributed by atoms with E-state index in [0.29, 0.717) is 13.1 Å². The van der Waals surface area contributed by atoms with Gasteiger partial charge in [0.2, 0.25) is 0 Å². The fourth-order valence-corrected chi connectivity index (χ4v) is 1.92. The summed E-state index contributed by atoms with van der Waals surface area (Å²) in [5.74, 6) is -1.86. The number of hydrogen-bond acceptors (Lipinski definition) is 4. The van der Waals surface area contributed by atoms with Gasteiger partial charge in [-0.2, -0.15) is 0 Å². The van der Waals surface area contributed by atoms with Crippen LogP contribution < -0.4 is 5.32 Å². The number of carboxylic acids is 1. The lowest BCUT2D eigenvalue weighted by Gasteiger charge is -2.31. The lowest BCUT2D eigenvalue weighted by Crippen LogP contribution is -2.49. The normalized spacial score (nSPS) is 20.1. The van der Waals surface area contributed by atoms with Gasteiger partial charge in [0.15, 0.2) is 0 Å². The Bertz CT molecular complexity index is 444. The maximum atomic E-state index is 11.9. The second-order valence-electron chi connectivity index (χ2n) is 4.76. The average molecular weight is 284 g/mol. The molecule has 20 heavy (non-hydrogen) atoms. The van der Waals surface area contributed by atoms with E-state index >= 15 is 0 Å². The van der Waals surface area contributed by atoms with Gasteiger partial charge in [-0.3, -0.25) is 10.1 Å². The first-order valence-electron chi connectivity index (χ1n) is 6.40. The number of rotatable bonds is 3. The zero-order valence-electron chi connectivity index (χ0n) is 11.9. The van der Waals surface area contributed by atoms with Crippen LogP contribution in [0.5, 0.6) is 0 Å². The molecular formula is C13H20N2O5. The summed E-state index contributed by atoms with van der Waals surface area (Å²) in [7, 11) is 1.58. The van der Waals surface area contributed by atoms with Crippen LogP contribution in [0.2, 0.25) is 0 Å². The van der Waals surface area contributed by atoms with Crippen molar-refractivity contribution in [2.24, 2.45) is 0 Å². The van der Waals surface area contributed by atoms with Crippen molar-refractivity contribution in [2.75, 3.05) is 20.2 Å². The molecule has 2 N–H and O–H groups in total. The van der Waals surface area contributed by atoms with E-state index in [1.54, 1.807) is 7.11 Å². The number of nitrogens with one attached hydrogen (secondary N) is 1. The molecule has 1 heterocycles. The van der Waals surface area contributed by atoms with E-state index in [2.05, 4.69) is 5.32 Å². The summed E-state index contributed by atoms with van der Waals surface area (Å²) in [6.07, 6.45) is 1.66. The molecule has 0 bridgehead atoms. The maximum absolute atomic E-state index is 11.9. The molecule has 0 aromatic carbocycles. The first-order valence-corrected chi connectivity index (χ1v) is 6.40. The van der Waals surface area contributed by atoms with Crippen LogP contribution in [0.1, 0.15) is 26.7 Å². The molecule has 0 aromatic heterocycles. The zero-order chi connectivity index (χ0) is 15.3. The fraction of sp³-hybridized carbons (Fsp3) is 0.615. The van der Waals surface area contributed by atoms with Gasteiger partial charge in [0.1, 0.15) is 0 Å². The summed E-state index contributed by atoms with van der Waals surface area (Å²) >= 11 is 0. The van der Waals surface area contributed by atoms with Gasteiger partial charge in [-0.05, 0) is 26.7 Å². The van der Waals surface area contributed by atoms with Crippen LogP contribution in [-0.4, -0.2) is 54.2 Å². The highest BCUT2D eigenvalue weighted by Crippen LogP contribution is 2.12. The molecule has 1 atom stereocenters. The number of nitrogens with zero attached hydrogens (tertiary/aromatic N) is 1. The smallest absolute Gasteiger partial charge is 0.331 e. The second-order valence-corrected chi connectivity index (χ2v) is 4.76. The SMILES string of the molecule is COC1CCCN(C(=O)NC(=O)C(C)=C(C)C(=O)O)C1. The Hall–Kier alpha value is -1.89. The lowest BCUT2D eigenvalue weighted by molar-refractivity contribution is -0.133. The maximum Gasteiger partial charge on any atom is 0.331 e. The van der Waals surface area contributed by atoms with E-state index in [4.69, 9.17) is 9.84 Å². The third-order valence-electron chi connectivity index (χ3n) is 3.44. The highest BCUT2D eigenvalue weighted by Gasteiger charge is 2.25. The summed E-state index contributed by atoms with van der Waals surface area (Å²) in [6.45, 7) is 3.68. The van der Waals surface area contributed by atoms with Crippen molar-refractivity contribution >= 4 is 17.9 Å². The Morgan fingerprint density at radius 3 is 2.45 bits per heavy atom. The molecule has 1 rings (SSSR count). The summed E-state index contributed by atoms with van der Waals surface area (Å²) in [4.78, 5) is 36.0. The predicted octanol–water partition coefficient (Wildman–Crippen LogP) is 0.754. The molecule has 0 aromatic rings. The number of likely N-dealkylation sites (tertiary alicyclic amines) is 1. The van der Waals surface area contributed by atoms with Gasteiger partial charge in [-0.25, -0.2) is 9.59 Å². The third kappa shape index (κ3) is 4.06. The van der Waals surface area contributed by atoms with Gasteiger partial charge in [0, 0.05) is 31.3 Å². The zero-order valence-corrected chi connectivity index (χ0v) is 11.9. The van der Waals surface area contributed by atoms with Crippen molar-refractivity contribution in [1.29, 1.82) is 0 Å². The van der Waals surface area contributed by atoms with Crippen LogP contribution in [-0.2, 0) is 14.3 Å². The Balaban J connectivity index is 2.64. The van der Waals surface area contributed by atoms with Crippen LogP contribution >= 0.6 is 0 Å². The van der Waals surface area contributed by atoms with Crippen LogP contribution in [0.3, 0.4) is 0 Å². The van der Waals surface area contributed by atoms with Gasteiger partial charge in [-0.15, -0.1) is 0 Å². The van der Waals surface area contributed by atoms with Crippen LogP contribution in [0, 0.1) is 0 Å². The number of carboxylic acid groups (broad SMARTS) is 1. The predicted molar refractivity (Wildman–Crippen MR) is 71.2 cm³/mol. The van der Waals surface area contributed by atoms with Gasteiger partial charge in [0.05, 0.1) is 6.10 Å². The second kappa shape index (κ2) is 7.04. The Morgan fingerprint density at radius 2 is 1.90 bits per heavy atom. The van der Waals surface area contributed by atoms with Crippen LogP contribution in [0.15, 0.2) is 11.1 Å². The largest absolute Gasteiger partial charge is 0.478 e. The van der Waals surface area contributed by atoms with Crippen molar-refractivity contribution in [3.63, 3.8) is 0 Å². The summed E-state index contributed by atoms with van der Waals surface area (Å²) < 4.78 is 5.20. The van der Waals surface area contributed by atoms with E-state index in [1.807, 2.05) is 0 Å². The summed E-state index contributed by atoms with van der Waals surface area (Å²) in [5.41, 5.74) is -0.0603. The first kappa shape index (κ1) is 16.2. The van der Waals surface area contributed by atoms with E-state index in [0.717, 1.165) is 12.8 Å². The molecule has 7 heteroatoms. The Morgan fingerprint density at radius 1 is 1.25 bits per heavy atom. The molecule has 112 valence electrons. The van der Waals surface area contributed by atoms with Crippen molar-refractivity contribution in [1.82, 2.24) is 10.2 Å². The van der Waals surface area contributed by atoms with Crippen molar-refractivity contribution in [3.05, 3.63) is 11.1 Å². The average Bonchev–Trinajstić information content (AvgIpc) is 2.45. The molecular weight excluding hydrogens is 264 g/mol. The number of piperidine rings is 1. The summed E-state index contributed by atoms with van der Waals surface area (Å²) in [5, 5.41) is 11.0. The molecule has 0 saturated carbocycles. The van der Waals surface area contributed by atoms with Gasteiger partial charge >= 0.3 is 12.0 Å². The molecule has 0 aliphatic carbocycles. The van der Waals surface area contributed by atoms with Crippen molar-refractivity contribution < 1.29 is 24.2 Å². The fourth-order valence-electron chi connectivity index (χ4n) is 1.92. The number of urea groups is 1. The first-order chi connectivity index (χ1) is 9.36. The van der Waals surface area contributed by atoms with Crippen LogP contribution in [0.25, 0.3) is 0 Å². The van der Waals surface area contributed by atoms with E-state index in [-0.39, 0.29) is 17.3 Å². The highest BCUT2D eigenvalue weighted by molar-refractivity contribution is 6.07. The highest BCUT2D eigenvalue weighted by atomic mass is 16.5. The minimum Gasteiger partial charge on any atom is -0.478 e. The van der Waals surface area contributed by atoms with Crippen molar-refractivity contribution in [3.8, 4) is 0 Å². The van der Waals surface area contributed by atoms with Crippen molar-refractivity contribution in [2.45, 2.75) is 32.8 Å². The molecule has 0 radical (unpaired) electrons. The quantitative estimate of drug-likeness (QED) is 0.746. The van der Waals surface area contributed by atoms with E-state index < -0.39 is 17.9 Å². The molecule has 1 fully saturated rings. The molecule has 1 saturated heterocycles. The number of ether oxygens (including phenoxy) is 1. The molecule has 3 amide bonds. The van der Waals surface area contributed by atoms with E-state index in [1.165, 1.54) is 18.7 Å². The number of carbonyl (C=O) groups is 3. The Kier molecular flexibility index (Phi) is 5.69. The minimum atomic E-state index is -1.18. The molecule has 1 aliphatic rings. The number of amides is 3. The lowest BCUT2D eigenvalue weighted by atomic mass is 10.1. The monoisotopic (exact) mass is 284 g/mol. The standard InChI is InChI=1S/C13H20N2O5/c1-8(9(2)12(17)18)11(16)14-13(19)15-6-4-5-10(7-15)20-3/h10H,4-7H2,1-3H3,(H,17,18)(H,14,16,19). The topological polar surface area (TPSA) is 95.9 Å². The number of hydrogen-bond donors (Lipinski definition) is 2. The minimum absolute atomic E-state index is 0.0196.